The van der Waals surface area contributed by atoms with E-state index in [4.69, 9.17) is 6.42 Å². The highest BCUT2D eigenvalue weighted by Gasteiger charge is 2.29. The molecule has 1 aliphatic rings. The number of nitrogens with zero attached hydrogens (tertiary/aromatic N) is 1. The fourth-order valence-electron chi connectivity index (χ4n) is 2.50. The summed E-state index contributed by atoms with van der Waals surface area (Å²) in [5.41, 5.74) is 0. The van der Waals surface area contributed by atoms with Crippen molar-refractivity contribution in [3.8, 4) is 12.3 Å². The van der Waals surface area contributed by atoms with Crippen LogP contribution in [0.4, 0.5) is 0 Å². The monoisotopic (exact) mass is 251 g/mol. The lowest BCUT2D eigenvalue weighted by atomic mass is 9.99. The third-order valence-electron chi connectivity index (χ3n) is 3.54. The lowest BCUT2D eigenvalue weighted by Gasteiger charge is -2.39. The molecular weight excluding hydrogens is 226 g/mol. The summed E-state index contributed by atoms with van der Waals surface area (Å²) in [5, 5.41) is 6.15. The van der Waals surface area contributed by atoms with E-state index in [9.17, 15) is 4.79 Å². The first-order chi connectivity index (χ1) is 8.70. The van der Waals surface area contributed by atoms with Crippen molar-refractivity contribution in [2.45, 2.75) is 45.2 Å². The van der Waals surface area contributed by atoms with Crippen LogP contribution in [0.2, 0.25) is 0 Å². The van der Waals surface area contributed by atoms with E-state index in [0.29, 0.717) is 12.6 Å². The SMILES string of the molecule is C#CCNC(=O)C(C)N1CCCCC1CNCC. The minimum absolute atomic E-state index is 0.0383. The molecule has 0 aromatic rings. The van der Waals surface area contributed by atoms with Crippen molar-refractivity contribution in [1.29, 1.82) is 0 Å². The highest BCUT2D eigenvalue weighted by molar-refractivity contribution is 5.81. The highest BCUT2D eigenvalue weighted by atomic mass is 16.2. The van der Waals surface area contributed by atoms with Crippen LogP contribution >= 0.6 is 0 Å². The summed E-state index contributed by atoms with van der Waals surface area (Å²) in [6.07, 6.45) is 8.76. The van der Waals surface area contributed by atoms with Gasteiger partial charge in [-0.15, -0.1) is 6.42 Å². The van der Waals surface area contributed by atoms with E-state index in [0.717, 1.165) is 19.6 Å². The van der Waals surface area contributed by atoms with Crippen molar-refractivity contribution in [3.05, 3.63) is 0 Å². The Morgan fingerprint density at radius 3 is 3.00 bits per heavy atom. The molecule has 0 bridgehead atoms. The number of hydrogen-bond donors (Lipinski definition) is 2. The molecule has 102 valence electrons. The second-order valence-electron chi connectivity index (χ2n) is 4.79. The molecule has 4 nitrogen and oxygen atoms in total. The van der Waals surface area contributed by atoms with Crippen LogP contribution in [0.25, 0.3) is 0 Å². The quantitative estimate of drug-likeness (QED) is 0.679. The molecule has 1 aliphatic heterocycles. The maximum Gasteiger partial charge on any atom is 0.237 e. The predicted molar refractivity (Wildman–Crippen MR) is 74.2 cm³/mol. The van der Waals surface area contributed by atoms with Gasteiger partial charge in [0, 0.05) is 12.6 Å². The number of carbonyl (C=O) groups is 1. The number of piperidine rings is 1. The number of rotatable bonds is 6. The molecule has 1 rings (SSSR count). The minimum Gasteiger partial charge on any atom is -0.344 e. The summed E-state index contributed by atoms with van der Waals surface area (Å²) >= 11 is 0. The van der Waals surface area contributed by atoms with Crippen LogP contribution in [0.5, 0.6) is 0 Å². The minimum atomic E-state index is -0.0951. The van der Waals surface area contributed by atoms with Crippen molar-refractivity contribution in [1.82, 2.24) is 15.5 Å². The summed E-state index contributed by atoms with van der Waals surface area (Å²) in [5.74, 6) is 2.48. The predicted octanol–water partition coefficient (Wildman–Crippen LogP) is 0.588. The Morgan fingerprint density at radius 1 is 1.56 bits per heavy atom. The van der Waals surface area contributed by atoms with Gasteiger partial charge in [-0.25, -0.2) is 0 Å². The van der Waals surface area contributed by atoms with Crippen LogP contribution in [-0.2, 0) is 4.79 Å². The van der Waals surface area contributed by atoms with Crippen molar-refractivity contribution >= 4 is 5.91 Å². The van der Waals surface area contributed by atoms with Crippen molar-refractivity contribution < 1.29 is 4.79 Å². The molecule has 4 heteroatoms. The third kappa shape index (κ3) is 4.32. The van der Waals surface area contributed by atoms with Gasteiger partial charge in [0.25, 0.3) is 0 Å². The number of amides is 1. The average Bonchev–Trinajstić information content (AvgIpc) is 2.42. The van der Waals surface area contributed by atoms with Gasteiger partial charge in [-0.2, -0.15) is 0 Å². The van der Waals surface area contributed by atoms with Gasteiger partial charge in [0.15, 0.2) is 0 Å². The van der Waals surface area contributed by atoms with Gasteiger partial charge in [0.05, 0.1) is 12.6 Å². The molecule has 0 spiro atoms. The smallest absolute Gasteiger partial charge is 0.237 e. The molecule has 0 aromatic heterocycles. The Hall–Kier alpha value is -1.05. The Bertz CT molecular complexity index is 298. The molecule has 18 heavy (non-hydrogen) atoms. The molecule has 2 unspecified atom stereocenters. The molecule has 1 heterocycles. The number of hydrogen-bond acceptors (Lipinski definition) is 3. The van der Waals surface area contributed by atoms with Crippen molar-refractivity contribution in [3.63, 3.8) is 0 Å². The Balaban J connectivity index is 2.53. The summed E-state index contributed by atoms with van der Waals surface area (Å²) in [6.45, 7) is 7.33. The molecule has 1 fully saturated rings. The molecule has 0 radical (unpaired) electrons. The third-order valence-corrected chi connectivity index (χ3v) is 3.54. The number of likely N-dealkylation sites (tertiary alicyclic amines) is 1. The largest absolute Gasteiger partial charge is 0.344 e. The van der Waals surface area contributed by atoms with Crippen LogP contribution < -0.4 is 10.6 Å². The van der Waals surface area contributed by atoms with Gasteiger partial charge in [0.2, 0.25) is 5.91 Å². The first-order valence-electron chi connectivity index (χ1n) is 6.88. The normalized spacial score (nSPS) is 22.2. The molecule has 1 saturated heterocycles. The van der Waals surface area contributed by atoms with Crippen LogP contribution in [0.15, 0.2) is 0 Å². The fourth-order valence-corrected chi connectivity index (χ4v) is 2.50. The molecule has 0 saturated carbocycles. The van der Waals surface area contributed by atoms with Crippen LogP contribution in [0.3, 0.4) is 0 Å². The van der Waals surface area contributed by atoms with E-state index in [-0.39, 0.29) is 11.9 Å². The number of terminal acetylenes is 1. The maximum absolute atomic E-state index is 12.0. The van der Waals surface area contributed by atoms with E-state index < -0.39 is 0 Å². The van der Waals surface area contributed by atoms with Gasteiger partial charge in [0.1, 0.15) is 0 Å². The second kappa shape index (κ2) is 8.12. The van der Waals surface area contributed by atoms with Gasteiger partial charge < -0.3 is 10.6 Å². The Kier molecular flexibility index (Phi) is 6.77. The van der Waals surface area contributed by atoms with E-state index in [1.165, 1.54) is 19.3 Å². The lowest BCUT2D eigenvalue weighted by Crippen LogP contribution is -2.54. The molecule has 2 atom stereocenters. The van der Waals surface area contributed by atoms with Gasteiger partial charge in [-0.05, 0) is 32.9 Å². The Morgan fingerprint density at radius 2 is 2.33 bits per heavy atom. The van der Waals surface area contributed by atoms with Gasteiger partial charge in [-0.3, -0.25) is 9.69 Å². The Labute approximate surface area is 110 Å². The topological polar surface area (TPSA) is 44.4 Å². The van der Waals surface area contributed by atoms with Crippen molar-refractivity contribution in [2.75, 3.05) is 26.2 Å². The molecular formula is C14H25N3O. The first-order valence-corrected chi connectivity index (χ1v) is 6.88. The molecule has 2 N–H and O–H groups in total. The van der Waals surface area contributed by atoms with E-state index in [2.05, 4.69) is 28.4 Å². The van der Waals surface area contributed by atoms with Gasteiger partial charge >= 0.3 is 0 Å². The zero-order chi connectivity index (χ0) is 13.4. The van der Waals surface area contributed by atoms with Crippen LogP contribution in [0, 0.1) is 12.3 Å². The summed E-state index contributed by atoms with van der Waals surface area (Å²) in [6, 6.07) is 0.368. The van der Waals surface area contributed by atoms with E-state index in [1.807, 2.05) is 6.92 Å². The summed E-state index contributed by atoms with van der Waals surface area (Å²) < 4.78 is 0. The van der Waals surface area contributed by atoms with Crippen LogP contribution in [0.1, 0.15) is 33.1 Å². The summed E-state index contributed by atoms with van der Waals surface area (Å²) in [4.78, 5) is 14.3. The maximum atomic E-state index is 12.0. The second-order valence-corrected chi connectivity index (χ2v) is 4.79. The van der Waals surface area contributed by atoms with E-state index in [1.54, 1.807) is 0 Å². The average molecular weight is 251 g/mol. The zero-order valence-corrected chi connectivity index (χ0v) is 11.5. The number of carbonyl (C=O) groups excluding carboxylic acids is 1. The highest BCUT2D eigenvalue weighted by Crippen LogP contribution is 2.19. The summed E-state index contributed by atoms with van der Waals surface area (Å²) in [7, 11) is 0. The standard InChI is InChI=1S/C14H25N3O/c1-4-9-16-14(18)12(3)17-10-7-6-8-13(17)11-15-5-2/h1,12-13,15H,5-11H2,2-3H3,(H,16,18). The zero-order valence-electron chi connectivity index (χ0n) is 11.5. The fraction of sp³-hybridized carbons (Fsp3) is 0.786. The van der Waals surface area contributed by atoms with E-state index >= 15 is 0 Å². The lowest BCUT2D eigenvalue weighted by molar-refractivity contribution is -0.127. The number of likely N-dealkylation sites (N-methyl/N-ethyl adjacent to an activating group) is 1. The van der Waals surface area contributed by atoms with Gasteiger partial charge in [-0.1, -0.05) is 19.3 Å². The number of nitrogens with one attached hydrogen (secondary N) is 2. The first kappa shape index (κ1) is 15.0. The van der Waals surface area contributed by atoms with Crippen molar-refractivity contribution in [2.24, 2.45) is 0 Å². The molecule has 0 aliphatic carbocycles. The molecule has 1 amide bonds. The molecule has 0 aromatic carbocycles. The van der Waals surface area contributed by atoms with Crippen LogP contribution in [-0.4, -0.2) is 49.1 Å².